The fourth-order valence-corrected chi connectivity index (χ4v) is 4.66. The van der Waals surface area contributed by atoms with Gasteiger partial charge in [-0.15, -0.1) is 11.8 Å². The first-order valence-electron chi connectivity index (χ1n) is 7.14. The van der Waals surface area contributed by atoms with Crippen molar-refractivity contribution in [2.75, 3.05) is 19.9 Å². The summed E-state index contributed by atoms with van der Waals surface area (Å²) in [6.07, 6.45) is 5.77. The number of nitrogens with zero attached hydrogens (tertiary/aromatic N) is 1. The molecule has 0 amide bonds. The average molecular weight is 373 g/mol. The van der Waals surface area contributed by atoms with E-state index in [1.807, 2.05) is 19.2 Å². The van der Waals surface area contributed by atoms with E-state index in [1.54, 1.807) is 18.0 Å². The SMILES string of the molecule is CNC1(C(=O)OC)CCCC1CCSc1ncccc1Br. The van der Waals surface area contributed by atoms with Crippen LogP contribution in [0.1, 0.15) is 25.7 Å². The molecular weight excluding hydrogens is 352 g/mol. The lowest BCUT2D eigenvalue weighted by molar-refractivity contribution is -0.150. The van der Waals surface area contributed by atoms with Gasteiger partial charge < -0.3 is 10.1 Å². The summed E-state index contributed by atoms with van der Waals surface area (Å²) in [7, 11) is 3.33. The number of nitrogens with one attached hydrogen (secondary N) is 1. The van der Waals surface area contributed by atoms with Crippen molar-refractivity contribution in [3.63, 3.8) is 0 Å². The smallest absolute Gasteiger partial charge is 0.326 e. The number of hydrogen-bond acceptors (Lipinski definition) is 5. The Kier molecular flexibility index (Phi) is 6.08. The molecule has 0 bridgehead atoms. The third kappa shape index (κ3) is 3.60. The largest absolute Gasteiger partial charge is 0.468 e. The van der Waals surface area contributed by atoms with Gasteiger partial charge >= 0.3 is 5.97 Å². The Morgan fingerprint density at radius 1 is 1.67 bits per heavy atom. The Morgan fingerprint density at radius 3 is 3.14 bits per heavy atom. The Balaban J connectivity index is 1.96. The predicted molar refractivity (Wildman–Crippen MR) is 88.4 cm³/mol. The van der Waals surface area contributed by atoms with E-state index >= 15 is 0 Å². The van der Waals surface area contributed by atoms with E-state index in [0.29, 0.717) is 5.92 Å². The normalized spacial score (nSPS) is 25.0. The zero-order valence-corrected chi connectivity index (χ0v) is 14.8. The van der Waals surface area contributed by atoms with Gasteiger partial charge in [0.05, 0.1) is 7.11 Å². The highest BCUT2D eigenvalue weighted by atomic mass is 79.9. The number of hydrogen-bond donors (Lipinski definition) is 1. The summed E-state index contributed by atoms with van der Waals surface area (Å²) in [4.78, 5) is 16.5. The molecule has 0 aliphatic heterocycles. The van der Waals surface area contributed by atoms with Gasteiger partial charge in [-0.25, -0.2) is 4.98 Å². The summed E-state index contributed by atoms with van der Waals surface area (Å²) in [6, 6.07) is 3.91. The molecule has 1 heterocycles. The number of methoxy groups -OCH3 is 1. The van der Waals surface area contributed by atoms with Crippen molar-refractivity contribution < 1.29 is 9.53 Å². The van der Waals surface area contributed by atoms with Crippen LogP contribution < -0.4 is 5.32 Å². The van der Waals surface area contributed by atoms with Crippen molar-refractivity contribution >= 4 is 33.7 Å². The molecule has 6 heteroatoms. The predicted octanol–water partition coefficient (Wildman–Crippen LogP) is 3.26. The maximum atomic E-state index is 12.2. The molecule has 1 N–H and O–H groups in total. The van der Waals surface area contributed by atoms with E-state index in [1.165, 1.54) is 7.11 Å². The first-order chi connectivity index (χ1) is 10.1. The van der Waals surface area contributed by atoms with Crippen molar-refractivity contribution in [2.45, 2.75) is 36.2 Å². The molecule has 1 fully saturated rings. The van der Waals surface area contributed by atoms with E-state index in [2.05, 4.69) is 26.2 Å². The molecular formula is C15H21BrN2O2S. The van der Waals surface area contributed by atoms with Gasteiger partial charge in [-0.3, -0.25) is 4.79 Å². The Labute approximate surface area is 138 Å². The molecule has 2 atom stereocenters. The molecule has 1 aliphatic rings. The van der Waals surface area contributed by atoms with Crippen LogP contribution in [0, 0.1) is 5.92 Å². The molecule has 116 valence electrons. The Bertz CT molecular complexity index is 500. The molecule has 4 nitrogen and oxygen atoms in total. The van der Waals surface area contributed by atoms with E-state index < -0.39 is 5.54 Å². The van der Waals surface area contributed by atoms with Gasteiger partial charge in [0, 0.05) is 10.7 Å². The van der Waals surface area contributed by atoms with Crippen LogP contribution in [0.5, 0.6) is 0 Å². The lowest BCUT2D eigenvalue weighted by atomic mass is 9.85. The number of halogens is 1. The van der Waals surface area contributed by atoms with Gasteiger partial charge in [-0.1, -0.05) is 6.42 Å². The van der Waals surface area contributed by atoms with Gasteiger partial charge in [0.25, 0.3) is 0 Å². The fourth-order valence-electron chi connectivity index (χ4n) is 3.13. The lowest BCUT2D eigenvalue weighted by Gasteiger charge is -2.32. The van der Waals surface area contributed by atoms with Crippen LogP contribution in [0.3, 0.4) is 0 Å². The summed E-state index contributed by atoms with van der Waals surface area (Å²) in [5, 5.41) is 4.23. The zero-order valence-electron chi connectivity index (χ0n) is 12.4. The van der Waals surface area contributed by atoms with Crippen molar-refractivity contribution in [3.8, 4) is 0 Å². The Morgan fingerprint density at radius 2 is 2.48 bits per heavy atom. The van der Waals surface area contributed by atoms with Gasteiger partial charge in [0.1, 0.15) is 10.6 Å². The molecule has 2 unspecified atom stereocenters. The van der Waals surface area contributed by atoms with Crippen LogP contribution in [0.15, 0.2) is 27.8 Å². The lowest BCUT2D eigenvalue weighted by Crippen LogP contribution is -2.53. The van der Waals surface area contributed by atoms with Crippen LogP contribution in [-0.4, -0.2) is 36.4 Å². The molecule has 21 heavy (non-hydrogen) atoms. The number of aromatic nitrogens is 1. The topological polar surface area (TPSA) is 51.2 Å². The first kappa shape index (κ1) is 16.8. The number of esters is 1. The number of carbonyl (C=O) groups excluding carboxylic acids is 1. The van der Waals surface area contributed by atoms with Crippen LogP contribution in [0.2, 0.25) is 0 Å². The molecule has 0 spiro atoms. The molecule has 0 aromatic carbocycles. The highest BCUT2D eigenvalue weighted by molar-refractivity contribution is 9.10. The van der Waals surface area contributed by atoms with Crippen molar-refractivity contribution in [2.24, 2.45) is 5.92 Å². The van der Waals surface area contributed by atoms with Crippen LogP contribution >= 0.6 is 27.7 Å². The number of carbonyl (C=O) groups is 1. The van der Waals surface area contributed by atoms with Crippen molar-refractivity contribution in [1.29, 1.82) is 0 Å². The summed E-state index contributed by atoms with van der Waals surface area (Å²) >= 11 is 5.24. The summed E-state index contributed by atoms with van der Waals surface area (Å²) in [5.41, 5.74) is -0.503. The standard InChI is InChI=1S/C15H21BrN2O2S/c1-17-15(14(19)20-2)8-3-5-11(15)7-10-21-13-12(16)6-4-9-18-13/h4,6,9,11,17H,3,5,7-8,10H2,1-2H3. The zero-order chi connectivity index (χ0) is 15.3. The minimum atomic E-state index is -0.503. The quantitative estimate of drug-likeness (QED) is 0.613. The number of likely N-dealkylation sites (N-methyl/N-ethyl adjacent to an activating group) is 1. The highest BCUT2D eigenvalue weighted by Gasteiger charge is 2.48. The summed E-state index contributed by atoms with van der Waals surface area (Å²) in [6.45, 7) is 0. The number of thioether (sulfide) groups is 1. The molecule has 1 saturated carbocycles. The molecule has 1 aliphatic carbocycles. The van der Waals surface area contributed by atoms with Gasteiger partial charge in [-0.05, 0) is 66.0 Å². The monoisotopic (exact) mass is 372 g/mol. The number of ether oxygens (including phenoxy) is 1. The minimum Gasteiger partial charge on any atom is -0.468 e. The van der Waals surface area contributed by atoms with E-state index in [-0.39, 0.29) is 5.97 Å². The molecule has 0 radical (unpaired) electrons. The van der Waals surface area contributed by atoms with E-state index in [4.69, 9.17) is 4.74 Å². The number of pyridine rings is 1. The summed E-state index contributed by atoms with van der Waals surface area (Å²) < 4.78 is 6.04. The van der Waals surface area contributed by atoms with Crippen LogP contribution in [0.4, 0.5) is 0 Å². The third-order valence-electron chi connectivity index (χ3n) is 4.25. The van der Waals surface area contributed by atoms with Crippen LogP contribution in [0.25, 0.3) is 0 Å². The molecule has 2 rings (SSSR count). The second-order valence-electron chi connectivity index (χ2n) is 5.23. The van der Waals surface area contributed by atoms with Gasteiger partial charge in [0.2, 0.25) is 0 Å². The molecule has 0 saturated heterocycles. The maximum absolute atomic E-state index is 12.2. The van der Waals surface area contributed by atoms with E-state index in [9.17, 15) is 4.79 Å². The van der Waals surface area contributed by atoms with Crippen molar-refractivity contribution in [1.82, 2.24) is 10.3 Å². The summed E-state index contributed by atoms with van der Waals surface area (Å²) in [5.74, 6) is 1.14. The molecule has 1 aromatic heterocycles. The maximum Gasteiger partial charge on any atom is 0.326 e. The average Bonchev–Trinajstić information content (AvgIpc) is 2.92. The minimum absolute atomic E-state index is 0.128. The van der Waals surface area contributed by atoms with Gasteiger partial charge in [0.15, 0.2) is 0 Å². The Hall–Kier alpha value is -0.590. The van der Waals surface area contributed by atoms with Crippen LogP contribution in [-0.2, 0) is 9.53 Å². The highest BCUT2D eigenvalue weighted by Crippen LogP contribution is 2.40. The van der Waals surface area contributed by atoms with Gasteiger partial charge in [-0.2, -0.15) is 0 Å². The fraction of sp³-hybridized carbons (Fsp3) is 0.600. The second-order valence-corrected chi connectivity index (χ2v) is 7.17. The number of rotatable bonds is 6. The first-order valence-corrected chi connectivity index (χ1v) is 8.92. The third-order valence-corrected chi connectivity index (χ3v) is 6.19. The van der Waals surface area contributed by atoms with Crippen molar-refractivity contribution in [3.05, 3.63) is 22.8 Å². The second kappa shape index (κ2) is 7.61. The van der Waals surface area contributed by atoms with E-state index in [0.717, 1.165) is 40.9 Å². The molecule has 1 aromatic rings.